The minimum atomic E-state index is -1.10. The quantitative estimate of drug-likeness (QED) is 0.374. The minimum absolute atomic E-state index is 0.0739. The molecule has 0 unspecified atom stereocenters. The largest absolute Gasteiger partial charge is 0.468 e. The number of Topliss-reactive ketones (excluding diaryl/α,β-unsaturated/α-hetero) is 1. The number of nitrogen functional groups attached to an aromatic ring is 1. The van der Waals surface area contributed by atoms with Crippen molar-refractivity contribution in [2.45, 2.75) is 13.1 Å². The third-order valence-corrected chi connectivity index (χ3v) is 5.07. The highest BCUT2D eigenvalue weighted by atomic mass is 35.5. The molecule has 176 valence electrons. The fourth-order valence-corrected chi connectivity index (χ4v) is 3.32. The Bertz CT molecular complexity index is 1360. The number of methoxy groups -OCH3 is 1. The van der Waals surface area contributed by atoms with E-state index in [-0.39, 0.29) is 12.1 Å². The second-order valence-electron chi connectivity index (χ2n) is 7.09. The maximum absolute atomic E-state index is 13.0. The smallest absolute Gasteiger partial charge is 0.338 e. The van der Waals surface area contributed by atoms with Gasteiger partial charge in [-0.05, 0) is 23.8 Å². The van der Waals surface area contributed by atoms with Crippen molar-refractivity contribution < 1.29 is 23.9 Å². The molecule has 2 N–H and O–H groups in total. The number of hydrogen-bond donors (Lipinski definition) is 1. The second-order valence-corrected chi connectivity index (χ2v) is 7.53. The number of hydrogen-bond acceptors (Lipinski definition) is 8. The molecular formula is C23H20ClN3O7. The molecule has 0 atom stereocenters. The van der Waals surface area contributed by atoms with E-state index in [1.807, 2.05) is 0 Å². The molecule has 10 nitrogen and oxygen atoms in total. The number of ether oxygens (including phenoxy) is 2. The molecule has 0 aliphatic carbocycles. The van der Waals surface area contributed by atoms with Crippen LogP contribution in [0.15, 0.2) is 64.2 Å². The van der Waals surface area contributed by atoms with Gasteiger partial charge in [0.25, 0.3) is 5.56 Å². The van der Waals surface area contributed by atoms with Crippen LogP contribution in [0.3, 0.4) is 0 Å². The molecule has 0 bridgehead atoms. The van der Waals surface area contributed by atoms with Crippen molar-refractivity contribution in [3.05, 3.63) is 97.1 Å². The van der Waals surface area contributed by atoms with Crippen LogP contribution in [0.25, 0.3) is 0 Å². The first kappa shape index (κ1) is 24.5. The maximum atomic E-state index is 13.0. The van der Waals surface area contributed by atoms with E-state index in [1.165, 1.54) is 18.2 Å². The summed E-state index contributed by atoms with van der Waals surface area (Å²) in [5.41, 5.74) is 4.24. The first-order chi connectivity index (χ1) is 16.2. The lowest BCUT2D eigenvalue weighted by atomic mass is 10.1. The number of halogens is 1. The molecule has 0 amide bonds. The van der Waals surface area contributed by atoms with Crippen molar-refractivity contribution in [1.82, 2.24) is 9.13 Å². The number of nitrogens with two attached hydrogens (primary N) is 1. The Morgan fingerprint density at radius 1 is 1.00 bits per heavy atom. The van der Waals surface area contributed by atoms with Gasteiger partial charge in [0.15, 0.2) is 6.61 Å². The zero-order valence-corrected chi connectivity index (χ0v) is 18.8. The van der Waals surface area contributed by atoms with Crippen LogP contribution in [0.5, 0.6) is 0 Å². The number of ketones is 1. The van der Waals surface area contributed by atoms with Gasteiger partial charge in [-0.25, -0.2) is 14.2 Å². The molecule has 0 fully saturated rings. The molecule has 0 saturated carbocycles. The number of benzene rings is 2. The minimum Gasteiger partial charge on any atom is -0.468 e. The number of nitrogens with zero attached hydrogens (tertiary/aromatic N) is 2. The summed E-state index contributed by atoms with van der Waals surface area (Å²) in [5, 5.41) is 0.295. The summed E-state index contributed by atoms with van der Waals surface area (Å²) in [6, 6.07) is 14.6. The fraction of sp³-hybridized carbons (Fsp3) is 0.174. The molecule has 3 rings (SSSR count). The van der Waals surface area contributed by atoms with Gasteiger partial charge < -0.3 is 15.2 Å². The highest BCUT2D eigenvalue weighted by Crippen LogP contribution is 2.13. The van der Waals surface area contributed by atoms with Gasteiger partial charge in [-0.3, -0.25) is 19.0 Å². The van der Waals surface area contributed by atoms with Crippen LogP contribution in [-0.4, -0.2) is 40.6 Å². The van der Waals surface area contributed by atoms with Crippen LogP contribution in [-0.2, 0) is 27.4 Å². The summed E-state index contributed by atoms with van der Waals surface area (Å²) in [4.78, 5) is 62.8. The first-order valence-electron chi connectivity index (χ1n) is 9.92. The van der Waals surface area contributed by atoms with E-state index in [4.69, 9.17) is 22.1 Å². The molecule has 0 spiro atoms. The van der Waals surface area contributed by atoms with E-state index < -0.39 is 53.5 Å². The van der Waals surface area contributed by atoms with E-state index in [0.29, 0.717) is 15.2 Å². The average molecular weight is 486 g/mol. The van der Waals surface area contributed by atoms with E-state index in [1.54, 1.807) is 36.4 Å². The molecule has 11 heteroatoms. The third-order valence-electron chi connectivity index (χ3n) is 4.84. The molecule has 0 aliphatic heterocycles. The van der Waals surface area contributed by atoms with Crippen LogP contribution in [0.4, 0.5) is 5.82 Å². The molecular weight excluding hydrogens is 466 g/mol. The fourth-order valence-electron chi connectivity index (χ4n) is 3.13. The van der Waals surface area contributed by atoms with E-state index in [9.17, 15) is 24.0 Å². The Morgan fingerprint density at radius 2 is 1.71 bits per heavy atom. The number of esters is 2. The summed E-state index contributed by atoms with van der Waals surface area (Å²) in [5.74, 6) is -3.08. The Hall–Kier alpha value is -4.18. The summed E-state index contributed by atoms with van der Waals surface area (Å²) in [6.45, 7) is -1.63. The van der Waals surface area contributed by atoms with E-state index >= 15 is 0 Å². The summed E-state index contributed by atoms with van der Waals surface area (Å²) >= 11 is 5.85. The summed E-state index contributed by atoms with van der Waals surface area (Å²) in [7, 11) is 1.09. The molecule has 3 aromatic rings. The van der Waals surface area contributed by atoms with Gasteiger partial charge >= 0.3 is 17.6 Å². The highest BCUT2D eigenvalue weighted by Gasteiger charge is 2.25. The van der Waals surface area contributed by atoms with Gasteiger partial charge in [-0.1, -0.05) is 48.0 Å². The van der Waals surface area contributed by atoms with Gasteiger partial charge in [0.1, 0.15) is 17.9 Å². The third kappa shape index (κ3) is 5.41. The van der Waals surface area contributed by atoms with Crippen molar-refractivity contribution in [3.8, 4) is 0 Å². The Morgan fingerprint density at radius 3 is 2.35 bits per heavy atom. The number of rotatable bonds is 8. The summed E-state index contributed by atoms with van der Waals surface area (Å²) in [6.07, 6.45) is 0. The van der Waals surface area contributed by atoms with Crippen molar-refractivity contribution in [2.75, 3.05) is 19.5 Å². The van der Waals surface area contributed by atoms with E-state index in [2.05, 4.69) is 4.74 Å². The van der Waals surface area contributed by atoms with Crippen LogP contribution in [0, 0.1) is 0 Å². The molecule has 1 heterocycles. The lowest BCUT2D eigenvalue weighted by Crippen LogP contribution is -2.46. The van der Waals surface area contributed by atoms with Crippen LogP contribution in [0.1, 0.15) is 26.3 Å². The highest BCUT2D eigenvalue weighted by molar-refractivity contribution is 6.30. The predicted molar refractivity (Wildman–Crippen MR) is 123 cm³/mol. The number of anilines is 1. The lowest BCUT2D eigenvalue weighted by molar-refractivity contribution is -0.141. The monoisotopic (exact) mass is 485 g/mol. The van der Waals surface area contributed by atoms with Gasteiger partial charge in [0.05, 0.1) is 19.2 Å². The van der Waals surface area contributed by atoms with Gasteiger partial charge in [-0.2, -0.15) is 0 Å². The van der Waals surface area contributed by atoms with Crippen molar-refractivity contribution in [1.29, 1.82) is 0 Å². The normalized spacial score (nSPS) is 10.5. The molecule has 0 aliphatic rings. The molecule has 0 saturated heterocycles. The van der Waals surface area contributed by atoms with Crippen LogP contribution >= 0.6 is 11.6 Å². The van der Waals surface area contributed by atoms with Gasteiger partial charge in [-0.15, -0.1) is 0 Å². The Balaban J connectivity index is 1.99. The maximum Gasteiger partial charge on any atom is 0.338 e. The topological polar surface area (TPSA) is 140 Å². The van der Waals surface area contributed by atoms with Gasteiger partial charge in [0.2, 0.25) is 5.78 Å². The summed E-state index contributed by atoms with van der Waals surface area (Å²) < 4.78 is 11.1. The Kier molecular flexibility index (Phi) is 7.64. The standard InChI is InChI=1S/C23H20ClN3O7/c1-33-18(29)12-27-21(30)19(17(28)13-34-22(31)15-8-5-9-16(24)10-15)20(25)26(23(27)32)11-14-6-3-2-4-7-14/h2-10H,11-13,25H2,1H3. The second kappa shape index (κ2) is 10.6. The first-order valence-corrected chi connectivity index (χ1v) is 10.3. The van der Waals surface area contributed by atoms with E-state index in [0.717, 1.165) is 11.7 Å². The zero-order chi connectivity index (χ0) is 24.8. The lowest BCUT2D eigenvalue weighted by Gasteiger charge is -2.16. The van der Waals surface area contributed by atoms with Crippen molar-refractivity contribution in [2.24, 2.45) is 0 Å². The zero-order valence-electron chi connectivity index (χ0n) is 18.0. The molecule has 34 heavy (non-hydrogen) atoms. The van der Waals surface area contributed by atoms with Crippen molar-refractivity contribution in [3.63, 3.8) is 0 Å². The molecule has 2 aromatic carbocycles. The van der Waals surface area contributed by atoms with Crippen LogP contribution < -0.4 is 17.0 Å². The predicted octanol–water partition coefficient (Wildman–Crippen LogP) is 1.51. The molecule has 1 aromatic heterocycles. The van der Waals surface area contributed by atoms with Gasteiger partial charge in [0, 0.05) is 5.02 Å². The van der Waals surface area contributed by atoms with Crippen LogP contribution in [0.2, 0.25) is 5.02 Å². The SMILES string of the molecule is COC(=O)Cn1c(=O)c(C(=O)COC(=O)c2cccc(Cl)c2)c(N)n(Cc2ccccc2)c1=O. The number of carbonyl (C=O) groups excluding carboxylic acids is 3. The van der Waals surface area contributed by atoms with Crippen molar-refractivity contribution >= 4 is 35.1 Å². The number of aromatic nitrogens is 2. The molecule has 0 radical (unpaired) electrons. The number of carbonyl (C=O) groups is 3. The Labute approximate surface area is 198 Å². The average Bonchev–Trinajstić information content (AvgIpc) is 2.83.